The van der Waals surface area contributed by atoms with Crippen LogP contribution in [0.25, 0.3) is 67.2 Å². The number of nitrogens with zero attached hydrogens (tertiary/aromatic N) is 3. The van der Waals surface area contributed by atoms with Gasteiger partial charge in [0.1, 0.15) is 0 Å². The Morgan fingerprint density at radius 1 is 0.302 bits per heavy atom. The van der Waals surface area contributed by atoms with E-state index in [1.54, 1.807) is 0 Å². The van der Waals surface area contributed by atoms with Gasteiger partial charge < -0.3 is 0 Å². The molecule has 8 aromatic carbocycles. The van der Waals surface area contributed by atoms with Crippen molar-refractivity contribution in [3.63, 3.8) is 0 Å². The third-order valence-electron chi connectivity index (χ3n) is 10.6. The zero-order chi connectivity index (χ0) is 35.2. The molecule has 53 heavy (non-hydrogen) atoms. The monoisotopic (exact) mass is 691 g/mol. The molecular formula is C49H33N3Si. The van der Waals surface area contributed by atoms with Gasteiger partial charge in [-0.05, 0) is 59.8 Å². The highest BCUT2D eigenvalue weighted by molar-refractivity contribution is 7.22. The molecule has 0 bridgehead atoms. The van der Waals surface area contributed by atoms with Gasteiger partial charge in [-0.3, -0.25) is 0 Å². The minimum atomic E-state index is -2.67. The first-order valence-corrected chi connectivity index (χ1v) is 20.0. The molecule has 1 aliphatic heterocycles. The van der Waals surface area contributed by atoms with Crippen LogP contribution >= 0.6 is 0 Å². The number of fused-ring (bicyclic) bond motifs is 4. The second kappa shape index (κ2) is 12.8. The summed E-state index contributed by atoms with van der Waals surface area (Å²) in [6, 6.07) is 71.8. The Bertz CT molecular complexity index is 2720. The molecule has 9 aromatic rings. The quantitative estimate of drug-likeness (QED) is 0.163. The second-order valence-electron chi connectivity index (χ2n) is 13.6. The van der Waals surface area contributed by atoms with Gasteiger partial charge in [0.2, 0.25) is 0 Å². The third kappa shape index (κ3) is 5.15. The van der Waals surface area contributed by atoms with Crippen LogP contribution in [-0.4, -0.2) is 23.0 Å². The Kier molecular flexibility index (Phi) is 7.48. The van der Waals surface area contributed by atoms with E-state index in [9.17, 15) is 0 Å². The van der Waals surface area contributed by atoms with Crippen LogP contribution < -0.4 is 20.7 Å². The lowest BCUT2D eigenvalue weighted by atomic mass is 9.99. The van der Waals surface area contributed by atoms with Crippen LogP contribution in [0.4, 0.5) is 0 Å². The molecule has 0 spiro atoms. The van der Waals surface area contributed by atoms with Gasteiger partial charge in [-0.1, -0.05) is 194 Å². The molecule has 10 rings (SSSR count). The van der Waals surface area contributed by atoms with Gasteiger partial charge in [0.15, 0.2) is 25.5 Å². The predicted molar refractivity (Wildman–Crippen MR) is 222 cm³/mol. The highest BCUT2D eigenvalue weighted by Crippen LogP contribution is 2.37. The molecule has 4 heteroatoms. The van der Waals surface area contributed by atoms with Crippen LogP contribution in [0.5, 0.6) is 0 Å². The Hall–Kier alpha value is -6.75. The smallest absolute Gasteiger partial charge is 0.180 e. The zero-order valence-corrected chi connectivity index (χ0v) is 29.9. The SMILES string of the molecule is c1ccc(-c2nc(-c3ccc(-c4ccc5ccccc5c4)cc3)nc(-c3cccc4c3-c3ccccc3[Si]4(c3ccccc3)c3ccccc3)n2)cc1. The normalized spacial score (nSPS) is 12.7. The van der Waals surface area contributed by atoms with Crippen molar-refractivity contribution in [1.82, 2.24) is 15.0 Å². The standard InChI is InChI=1S/C49H33N3Si/c1-4-16-36(17-5-1)47-50-48(37-30-27-35(28-31-37)39-32-29-34-15-10-11-18-38(34)33-39)52-49(51-47)43-24-14-26-45-46(43)42-23-12-13-25-44(42)53(45,40-19-6-2-7-20-40)41-21-8-3-9-22-41/h1-33H. The van der Waals surface area contributed by atoms with Crippen molar-refractivity contribution in [1.29, 1.82) is 0 Å². The molecule has 0 fully saturated rings. The van der Waals surface area contributed by atoms with Gasteiger partial charge in [-0.15, -0.1) is 0 Å². The van der Waals surface area contributed by atoms with E-state index in [-0.39, 0.29) is 0 Å². The molecule has 1 aromatic heterocycles. The average molecular weight is 692 g/mol. The molecule has 0 saturated carbocycles. The lowest BCUT2D eigenvalue weighted by Gasteiger charge is -2.31. The van der Waals surface area contributed by atoms with Crippen LogP contribution in [0, 0.1) is 0 Å². The number of hydrogen-bond donors (Lipinski definition) is 0. The van der Waals surface area contributed by atoms with Gasteiger partial charge in [-0.25, -0.2) is 15.0 Å². The predicted octanol–water partition coefficient (Wildman–Crippen LogP) is 9.05. The number of rotatable bonds is 6. The van der Waals surface area contributed by atoms with Crippen molar-refractivity contribution >= 4 is 39.6 Å². The van der Waals surface area contributed by atoms with Crippen LogP contribution in [0.1, 0.15) is 0 Å². The van der Waals surface area contributed by atoms with Gasteiger partial charge >= 0.3 is 0 Å². The minimum absolute atomic E-state index is 0.650. The summed E-state index contributed by atoms with van der Waals surface area (Å²) < 4.78 is 0. The molecule has 1 aliphatic rings. The summed E-state index contributed by atoms with van der Waals surface area (Å²) in [5.41, 5.74) is 7.71. The molecule has 0 N–H and O–H groups in total. The summed E-state index contributed by atoms with van der Waals surface area (Å²) >= 11 is 0. The van der Waals surface area contributed by atoms with E-state index < -0.39 is 8.07 Å². The van der Waals surface area contributed by atoms with E-state index in [4.69, 9.17) is 15.0 Å². The maximum absolute atomic E-state index is 5.28. The van der Waals surface area contributed by atoms with E-state index in [2.05, 4.69) is 182 Å². The molecule has 0 amide bonds. The number of benzene rings is 8. The lowest BCUT2D eigenvalue weighted by Crippen LogP contribution is -2.72. The van der Waals surface area contributed by atoms with Crippen molar-refractivity contribution < 1.29 is 0 Å². The van der Waals surface area contributed by atoms with Crippen LogP contribution in [0.15, 0.2) is 200 Å². The second-order valence-corrected chi connectivity index (χ2v) is 17.3. The first-order valence-electron chi connectivity index (χ1n) is 18.0. The topological polar surface area (TPSA) is 38.7 Å². The molecule has 2 heterocycles. The molecule has 248 valence electrons. The summed E-state index contributed by atoms with van der Waals surface area (Å²) in [5.74, 6) is 1.98. The Labute approximate surface area is 310 Å². The van der Waals surface area contributed by atoms with Crippen molar-refractivity contribution in [2.45, 2.75) is 0 Å². The van der Waals surface area contributed by atoms with Crippen molar-refractivity contribution in [2.24, 2.45) is 0 Å². The minimum Gasteiger partial charge on any atom is -0.208 e. The lowest BCUT2D eigenvalue weighted by molar-refractivity contribution is 1.07. The molecule has 3 nitrogen and oxygen atoms in total. The van der Waals surface area contributed by atoms with Crippen molar-refractivity contribution in [2.75, 3.05) is 0 Å². The highest BCUT2D eigenvalue weighted by Gasteiger charge is 2.49. The molecule has 0 atom stereocenters. The van der Waals surface area contributed by atoms with Crippen molar-refractivity contribution in [3.05, 3.63) is 200 Å². The maximum atomic E-state index is 5.28. The largest absolute Gasteiger partial charge is 0.208 e. The zero-order valence-electron chi connectivity index (χ0n) is 28.9. The molecule has 0 aliphatic carbocycles. The number of hydrogen-bond acceptors (Lipinski definition) is 3. The van der Waals surface area contributed by atoms with Crippen LogP contribution in [-0.2, 0) is 0 Å². The average Bonchev–Trinajstić information content (AvgIpc) is 3.56. The first-order chi connectivity index (χ1) is 26.3. The van der Waals surface area contributed by atoms with E-state index in [0.717, 1.165) is 22.3 Å². The molecular weight excluding hydrogens is 659 g/mol. The highest BCUT2D eigenvalue weighted by atomic mass is 28.3. The van der Waals surface area contributed by atoms with E-state index in [0.29, 0.717) is 17.5 Å². The summed E-state index contributed by atoms with van der Waals surface area (Å²) in [5, 5.41) is 7.94. The summed E-state index contributed by atoms with van der Waals surface area (Å²) in [4.78, 5) is 15.6. The Morgan fingerprint density at radius 2 is 0.792 bits per heavy atom. The van der Waals surface area contributed by atoms with Crippen LogP contribution in [0.3, 0.4) is 0 Å². The Morgan fingerprint density at radius 3 is 1.49 bits per heavy atom. The Balaban J connectivity index is 1.17. The summed E-state index contributed by atoms with van der Waals surface area (Å²) in [6.45, 7) is 0. The molecule has 0 saturated heterocycles. The van der Waals surface area contributed by atoms with E-state index >= 15 is 0 Å². The summed E-state index contributed by atoms with van der Waals surface area (Å²) in [6.07, 6.45) is 0. The summed E-state index contributed by atoms with van der Waals surface area (Å²) in [7, 11) is -2.67. The van der Waals surface area contributed by atoms with E-state index in [1.165, 1.54) is 48.2 Å². The van der Waals surface area contributed by atoms with Crippen molar-refractivity contribution in [3.8, 4) is 56.4 Å². The third-order valence-corrected chi connectivity index (χ3v) is 15.5. The molecule has 0 unspecified atom stereocenters. The molecule has 0 radical (unpaired) electrons. The van der Waals surface area contributed by atoms with E-state index in [1.807, 2.05) is 18.2 Å². The van der Waals surface area contributed by atoms with Gasteiger partial charge in [0.25, 0.3) is 0 Å². The van der Waals surface area contributed by atoms with Gasteiger partial charge in [0.05, 0.1) is 0 Å². The fourth-order valence-electron chi connectivity index (χ4n) is 8.20. The maximum Gasteiger partial charge on any atom is 0.180 e. The first kappa shape index (κ1) is 31.0. The van der Waals surface area contributed by atoms with Gasteiger partial charge in [0, 0.05) is 16.7 Å². The number of aromatic nitrogens is 3. The fourth-order valence-corrected chi connectivity index (χ4v) is 13.4. The van der Waals surface area contributed by atoms with Gasteiger partial charge in [-0.2, -0.15) is 0 Å². The fraction of sp³-hybridized carbons (Fsp3) is 0. The van der Waals surface area contributed by atoms with Crippen LogP contribution in [0.2, 0.25) is 0 Å².